The molecule has 1 aromatic heterocycles. The van der Waals surface area contributed by atoms with Crippen LogP contribution in [0.25, 0.3) is 0 Å². The first kappa shape index (κ1) is 19.2. The van der Waals surface area contributed by atoms with Crippen molar-refractivity contribution in [2.24, 2.45) is 5.14 Å². The maximum absolute atomic E-state index is 12.2. The summed E-state index contributed by atoms with van der Waals surface area (Å²) >= 11 is 5.99. The van der Waals surface area contributed by atoms with Crippen molar-refractivity contribution < 1.29 is 13.2 Å². The Labute approximate surface area is 150 Å². The number of primary sulfonamides is 1. The summed E-state index contributed by atoms with van der Waals surface area (Å²) in [6.45, 7) is 4.46. The fraction of sp³-hybridized carbons (Fsp3) is 0.357. The molecule has 0 aliphatic carbocycles. The van der Waals surface area contributed by atoms with E-state index < -0.39 is 22.1 Å². The van der Waals surface area contributed by atoms with Crippen molar-refractivity contribution in [3.63, 3.8) is 0 Å². The summed E-state index contributed by atoms with van der Waals surface area (Å²) in [5, 5.41) is 14.6. The number of halogens is 1. The fourth-order valence-electron chi connectivity index (χ4n) is 2.19. The van der Waals surface area contributed by atoms with E-state index in [4.69, 9.17) is 16.7 Å². The molecule has 11 heteroatoms. The van der Waals surface area contributed by atoms with Crippen molar-refractivity contribution in [1.29, 1.82) is 0 Å². The van der Waals surface area contributed by atoms with E-state index in [1.54, 1.807) is 11.6 Å². The molecule has 2 aromatic rings. The second-order valence-electron chi connectivity index (χ2n) is 5.35. The highest BCUT2D eigenvalue weighted by Gasteiger charge is 2.17. The van der Waals surface area contributed by atoms with Gasteiger partial charge in [-0.3, -0.25) is 0 Å². The van der Waals surface area contributed by atoms with Gasteiger partial charge in [-0.1, -0.05) is 18.5 Å². The molecule has 1 unspecified atom stereocenters. The summed E-state index contributed by atoms with van der Waals surface area (Å²) in [6, 6.07) is 2.83. The number of anilines is 1. The second-order valence-corrected chi connectivity index (χ2v) is 7.32. The highest BCUT2D eigenvalue weighted by Crippen LogP contribution is 2.24. The molecule has 9 nitrogen and oxygen atoms in total. The van der Waals surface area contributed by atoms with E-state index in [2.05, 4.69) is 20.7 Å². The molecule has 2 amide bonds. The number of benzene rings is 1. The molecule has 136 valence electrons. The molecule has 0 saturated carbocycles. The molecular weight excluding hydrogens is 368 g/mol. The summed E-state index contributed by atoms with van der Waals surface area (Å²) in [6.07, 6.45) is 2.30. The summed E-state index contributed by atoms with van der Waals surface area (Å²) in [4.78, 5) is 16.2. The number of hydrogen-bond acceptors (Lipinski definition) is 5. The number of hydrogen-bond donors (Lipinski definition) is 3. The number of carbonyl (C=O) groups is 1. The lowest BCUT2D eigenvalue weighted by Gasteiger charge is -2.16. The van der Waals surface area contributed by atoms with Gasteiger partial charge in [0, 0.05) is 6.54 Å². The molecule has 0 aliphatic heterocycles. The third-order valence-corrected chi connectivity index (χ3v) is 4.57. The molecule has 0 spiro atoms. The van der Waals surface area contributed by atoms with E-state index in [0.717, 1.165) is 6.42 Å². The standard InChI is InChI=1S/C14H19ClN6O3S/c1-3-6-21-13(17-8-18-21)9(2)19-14(22)20-12-7-10(25(16,23)24)4-5-11(12)15/h4-5,7-9H,3,6H2,1-2H3,(H2,16,23,24)(H2,19,20,22). The molecule has 0 fully saturated rings. The Morgan fingerprint density at radius 2 is 2.16 bits per heavy atom. The first-order chi connectivity index (χ1) is 11.7. The first-order valence-electron chi connectivity index (χ1n) is 7.50. The Morgan fingerprint density at radius 3 is 2.80 bits per heavy atom. The largest absolute Gasteiger partial charge is 0.328 e. The average Bonchev–Trinajstić information content (AvgIpc) is 2.97. The first-order valence-corrected chi connectivity index (χ1v) is 9.42. The number of nitrogens with one attached hydrogen (secondary N) is 2. The number of urea groups is 1. The van der Waals surface area contributed by atoms with E-state index in [1.807, 2.05) is 6.92 Å². The number of sulfonamides is 1. The van der Waals surface area contributed by atoms with Crippen LogP contribution < -0.4 is 15.8 Å². The van der Waals surface area contributed by atoms with Crippen LogP contribution >= 0.6 is 11.6 Å². The Kier molecular flexibility index (Phi) is 5.98. The van der Waals surface area contributed by atoms with Crippen LogP contribution in [0.5, 0.6) is 0 Å². The summed E-state index contributed by atoms with van der Waals surface area (Å²) < 4.78 is 24.5. The van der Waals surface area contributed by atoms with E-state index >= 15 is 0 Å². The van der Waals surface area contributed by atoms with Gasteiger partial charge in [0.25, 0.3) is 0 Å². The van der Waals surface area contributed by atoms with Gasteiger partial charge in [-0.15, -0.1) is 0 Å². The Hall–Kier alpha value is -2.17. The molecular formula is C14H19ClN6O3S. The van der Waals surface area contributed by atoms with Crippen molar-refractivity contribution in [3.05, 3.63) is 35.4 Å². The molecule has 1 atom stereocenters. The zero-order valence-corrected chi connectivity index (χ0v) is 15.3. The molecule has 1 heterocycles. The third-order valence-electron chi connectivity index (χ3n) is 3.33. The van der Waals surface area contributed by atoms with Crippen LogP contribution in [0, 0.1) is 0 Å². The minimum Gasteiger partial charge on any atom is -0.328 e. The number of amides is 2. The number of nitrogens with two attached hydrogens (primary N) is 1. The van der Waals surface area contributed by atoms with Crippen molar-refractivity contribution in [1.82, 2.24) is 20.1 Å². The van der Waals surface area contributed by atoms with Gasteiger partial charge in [0.15, 0.2) is 0 Å². The average molecular weight is 387 g/mol. The van der Waals surface area contributed by atoms with Crippen molar-refractivity contribution >= 4 is 33.3 Å². The van der Waals surface area contributed by atoms with Crippen molar-refractivity contribution in [3.8, 4) is 0 Å². The van der Waals surface area contributed by atoms with E-state index in [1.165, 1.54) is 24.5 Å². The Balaban J connectivity index is 2.11. The van der Waals surface area contributed by atoms with Crippen molar-refractivity contribution in [2.75, 3.05) is 5.32 Å². The molecule has 0 bridgehead atoms. The maximum atomic E-state index is 12.2. The zero-order chi connectivity index (χ0) is 18.6. The number of aryl methyl sites for hydroxylation is 1. The SMILES string of the molecule is CCCn1ncnc1C(C)NC(=O)Nc1cc(S(N)(=O)=O)ccc1Cl. The molecule has 25 heavy (non-hydrogen) atoms. The minimum atomic E-state index is -3.90. The summed E-state index contributed by atoms with van der Waals surface area (Å²) in [5.74, 6) is 0.612. The topological polar surface area (TPSA) is 132 Å². The quantitative estimate of drug-likeness (QED) is 0.697. The predicted molar refractivity (Wildman–Crippen MR) is 93.7 cm³/mol. The van der Waals surface area contributed by atoms with Gasteiger partial charge in [0.2, 0.25) is 10.0 Å². The van der Waals surface area contributed by atoms with Gasteiger partial charge < -0.3 is 10.6 Å². The van der Waals surface area contributed by atoms with Gasteiger partial charge >= 0.3 is 6.03 Å². The van der Waals surface area contributed by atoms with Crippen LogP contribution in [-0.4, -0.2) is 29.2 Å². The normalized spacial score (nSPS) is 12.6. The second kappa shape index (κ2) is 7.81. The Morgan fingerprint density at radius 1 is 1.44 bits per heavy atom. The number of aromatic nitrogens is 3. The number of carbonyl (C=O) groups excluding carboxylic acids is 1. The lowest BCUT2D eigenvalue weighted by molar-refractivity contribution is 0.248. The highest BCUT2D eigenvalue weighted by molar-refractivity contribution is 7.89. The van der Waals surface area contributed by atoms with Crippen molar-refractivity contribution in [2.45, 2.75) is 37.8 Å². The Bertz CT molecular complexity index is 867. The van der Waals surface area contributed by atoms with Gasteiger partial charge in [0.05, 0.1) is 21.6 Å². The third kappa shape index (κ3) is 4.91. The molecule has 4 N–H and O–H groups in total. The van der Waals surface area contributed by atoms with Crippen LogP contribution in [-0.2, 0) is 16.6 Å². The van der Waals surface area contributed by atoms with Crippen LogP contribution in [0.2, 0.25) is 5.02 Å². The van der Waals surface area contributed by atoms with Gasteiger partial charge in [0.1, 0.15) is 12.2 Å². The van der Waals surface area contributed by atoms with E-state index in [-0.39, 0.29) is 15.6 Å². The van der Waals surface area contributed by atoms with Crippen LogP contribution in [0.3, 0.4) is 0 Å². The number of nitrogens with zero attached hydrogens (tertiary/aromatic N) is 3. The lowest BCUT2D eigenvalue weighted by Crippen LogP contribution is -2.33. The smallest absolute Gasteiger partial charge is 0.319 e. The molecule has 0 radical (unpaired) electrons. The maximum Gasteiger partial charge on any atom is 0.319 e. The van der Waals surface area contributed by atoms with Crippen LogP contribution in [0.4, 0.5) is 10.5 Å². The van der Waals surface area contributed by atoms with E-state index in [0.29, 0.717) is 12.4 Å². The predicted octanol–water partition coefficient (Wildman–Crippen LogP) is 1.87. The van der Waals surface area contributed by atoms with Gasteiger partial charge in [-0.05, 0) is 31.5 Å². The fourth-order valence-corrected chi connectivity index (χ4v) is 2.89. The molecule has 0 aliphatic rings. The monoisotopic (exact) mass is 386 g/mol. The van der Waals surface area contributed by atoms with Gasteiger partial charge in [-0.25, -0.2) is 28.0 Å². The molecule has 1 aromatic carbocycles. The summed E-state index contributed by atoms with van der Waals surface area (Å²) in [5.41, 5.74) is 0.132. The molecule has 2 rings (SSSR count). The summed E-state index contributed by atoms with van der Waals surface area (Å²) in [7, 11) is -3.90. The molecule has 0 saturated heterocycles. The highest BCUT2D eigenvalue weighted by atomic mass is 35.5. The number of rotatable bonds is 6. The van der Waals surface area contributed by atoms with E-state index in [9.17, 15) is 13.2 Å². The lowest BCUT2D eigenvalue weighted by atomic mass is 10.3. The zero-order valence-electron chi connectivity index (χ0n) is 13.7. The minimum absolute atomic E-state index is 0.132. The van der Waals surface area contributed by atoms with Gasteiger partial charge in [-0.2, -0.15) is 5.10 Å². The van der Waals surface area contributed by atoms with Crippen LogP contribution in [0.15, 0.2) is 29.4 Å². The van der Waals surface area contributed by atoms with Crippen LogP contribution in [0.1, 0.15) is 32.1 Å².